The number of carbonyl (C=O) groups excluding carboxylic acids is 1. The second-order valence-electron chi connectivity index (χ2n) is 2.66. The van der Waals surface area contributed by atoms with Crippen LogP contribution in [-0.4, -0.2) is 11.4 Å². The second-order valence-corrected chi connectivity index (χ2v) is 2.66. The molecule has 0 bridgehead atoms. The summed E-state index contributed by atoms with van der Waals surface area (Å²) < 4.78 is 0. The fraction of sp³-hybridized carbons (Fsp3) is 0.200. The first kappa shape index (κ1) is 9.43. The van der Waals surface area contributed by atoms with Gasteiger partial charge in [0.1, 0.15) is 6.29 Å². The smallest absolute Gasteiger partial charge is 0.122 e. The highest BCUT2D eigenvalue weighted by molar-refractivity contribution is 5.51. The third-order valence-electron chi connectivity index (χ3n) is 1.72. The molecule has 0 saturated carbocycles. The van der Waals surface area contributed by atoms with Crippen molar-refractivity contribution in [1.29, 1.82) is 5.26 Å². The summed E-state index contributed by atoms with van der Waals surface area (Å²) in [5.74, 6) is 0. The number of aliphatic hydroxyl groups excluding tert-OH is 1. The van der Waals surface area contributed by atoms with Crippen LogP contribution < -0.4 is 0 Å². The molecule has 0 saturated heterocycles. The summed E-state index contributed by atoms with van der Waals surface area (Å²) in [6, 6.07) is 8.56. The molecule has 0 radical (unpaired) electrons. The van der Waals surface area contributed by atoms with E-state index in [2.05, 4.69) is 0 Å². The van der Waals surface area contributed by atoms with Gasteiger partial charge >= 0.3 is 0 Å². The van der Waals surface area contributed by atoms with Crippen LogP contribution in [-0.2, 0) is 4.79 Å². The quantitative estimate of drug-likeness (QED) is 0.701. The van der Waals surface area contributed by atoms with Gasteiger partial charge in [-0.15, -0.1) is 0 Å². The Morgan fingerprint density at radius 1 is 1.62 bits per heavy atom. The van der Waals surface area contributed by atoms with Crippen LogP contribution in [0.25, 0.3) is 0 Å². The number of hydrogen-bond acceptors (Lipinski definition) is 3. The maximum Gasteiger partial charge on any atom is 0.122 e. The number of hydrogen-bond donors (Lipinski definition) is 1. The Bertz CT molecular complexity index is 341. The lowest BCUT2D eigenvalue weighted by Gasteiger charge is -2.06. The lowest BCUT2D eigenvalue weighted by atomic mass is 10.0. The number of nitrogens with zero attached hydrogens (tertiary/aromatic N) is 1. The molecule has 0 fully saturated rings. The minimum absolute atomic E-state index is 0.0644. The number of aldehydes is 1. The van der Waals surface area contributed by atoms with Crippen LogP contribution in [0.1, 0.15) is 23.7 Å². The van der Waals surface area contributed by atoms with Crippen molar-refractivity contribution in [3.8, 4) is 6.07 Å². The summed E-state index contributed by atoms with van der Waals surface area (Å²) in [5.41, 5.74) is 1.09. The summed E-state index contributed by atoms with van der Waals surface area (Å²) in [6.45, 7) is 0. The Balaban J connectivity index is 2.89. The first-order valence-electron chi connectivity index (χ1n) is 3.89. The van der Waals surface area contributed by atoms with E-state index in [1.165, 1.54) is 0 Å². The summed E-state index contributed by atoms with van der Waals surface area (Å²) in [6.07, 6.45) is -0.0794. The van der Waals surface area contributed by atoms with Crippen molar-refractivity contribution in [2.45, 2.75) is 12.5 Å². The minimum atomic E-state index is -0.800. The molecule has 1 aromatic carbocycles. The Morgan fingerprint density at radius 3 is 3.00 bits per heavy atom. The van der Waals surface area contributed by atoms with Gasteiger partial charge in [0, 0.05) is 6.42 Å². The largest absolute Gasteiger partial charge is 0.388 e. The van der Waals surface area contributed by atoms with Crippen molar-refractivity contribution in [2.24, 2.45) is 0 Å². The molecule has 66 valence electrons. The molecule has 1 atom stereocenters. The predicted octanol–water partition coefficient (Wildman–Crippen LogP) is 1.18. The van der Waals surface area contributed by atoms with Crippen LogP contribution in [0.4, 0.5) is 0 Å². The maximum absolute atomic E-state index is 10.1. The average molecular weight is 175 g/mol. The molecule has 1 unspecified atom stereocenters. The molecule has 1 rings (SSSR count). The first-order valence-corrected chi connectivity index (χ1v) is 3.89. The van der Waals surface area contributed by atoms with Gasteiger partial charge in [-0.3, -0.25) is 0 Å². The summed E-state index contributed by atoms with van der Waals surface area (Å²) in [5, 5.41) is 18.0. The van der Waals surface area contributed by atoms with Gasteiger partial charge in [-0.25, -0.2) is 0 Å². The molecule has 13 heavy (non-hydrogen) atoms. The van der Waals surface area contributed by atoms with Gasteiger partial charge < -0.3 is 9.90 Å². The van der Waals surface area contributed by atoms with Gasteiger partial charge in [0.05, 0.1) is 17.7 Å². The Morgan fingerprint density at radius 2 is 2.38 bits per heavy atom. The van der Waals surface area contributed by atoms with Gasteiger partial charge in [0.2, 0.25) is 0 Å². The van der Waals surface area contributed by atoms with Gasteiger partial charge in [0.25, 0.3) is 0 Å². The molecular weight excluding hydrogens is 166 g/mol. The Hall–Kier alpha value is -1.66. The van der Waals surface area contributed by atoms with E-state index >= 15 is 0 Å². The Kier molecular flexibility index (Phi) is 3.18. The summed E-state index contributed by atoms with van der Waals surface area (Å²) in [7, 11) is 0. The standard InChI is InChI=1S/C10H9NO2/c11-7-8-2-1-3-9(6-8)10(13)4-5-12/h1-3,5-6,10,13H,4H2. The third-order valence-corrected chi connectivity index (χ3v) is 1.72. The highest BCUT2D eigenvalue weighted by Gasteiger charge is 2.06. The first-order chi connectivity index (χ1) is 6.27. The van der Waals surface area contributed by atoms with Crippen LogP contribution in [0, 0.1) is 11.3 Å². The fourth-order valence-corrected chi connectivity index (χ4v) is 1.04. The van der Waals surface area contributed by atoms with Crippen LogP contribution in [0.3, 0.4) is 0 Å². The molecule has 3 nitrogen and oxygen atoms in total. The molecule has 1 aromatic rings. The maximum atomic E-state index is 10.1. The number of benzene rings is 1. The minimum Gasteiger partial charge on any atom is -0.388 e. The van der Waals surface area contributed by atoms with Gasteiger partial charge in [-0.1, -0.05) is 12.1 Å². The van der Waals surface area contributed by atoms with Crippen molar-refractivity contribution in [2.75, 3.05) is 0 Å². The van der Waals surface area contributed by atoms with Crippen molar-refractivity contribution < 1.29 is 9.90 Å². The number of rotatable bonds is 3. The van der Waals surface area contributed by atoms with E-state index in [0.717, 1.165) is 0 Å². The van der Waals surface area contributed by atoms with E-state index in [1.807, 2.05) is 6.07 Å². The van der Waals surface area contributed by atoms with Crippen molar-refractivity contribution >= 4 is 6.29 Å². The zero-order chi connectivity index (χ0) is 9.68. The molecule has 0 aliphatic heterocycles. The number of nitriles is 1. The lowest BCUT2D eigenvalue weighted by Crippen LogP contribution is -1.97. The van der Waals surface area contributed by atoms with E-state index in [9.17, 15) is 9.90 Å². The van der Waals surface area contributed by atoms with Gasteiger partial charge in [-0.2, -0.15) is 5.26 Å². The highest BCUT2D eigenvalue weighted by atomic mass is 16.3. The highest BCUT2D eigenvalue weighted by Crippen LogP contribution is 2.16. The van der Waals surface area contributed by atoms with Crippen molar-refractivity contribution in [3.63, 3.8) is 0 Å². The molecule has 0 aromatic heterocycles. The second kappa shape index (κ2) is 4.39. The van der Waals surface area contributed by atoms with E-state index in [0.29, 0.717) is 17.4 Å². The SMILES string of the molecule is N#Cc1cccc(C(O)CC=O)c1. The van der Waals surface area contributed by atoms with E-state index in [-0.39, 0.29) is 6.42 Å². The number of aliphatic hydroxyl groups is 1. The molecular formula is C10H9NO2. The van der Waals surface area contributed by atoms with Gasteiger partial charge in [0.15, 0.2) is 0 Å². The summed E-state index contributed by atoms with van der Waals surface area (Å²) >= 11 is 0. The van der Waals surface area contributed by atoms with E-state index < -0.39 is 6.10 Å². The molecule has 0 aliphatic carbocycles. The van der Waals surface area contributed by atoms with Crippen LogP contribution in [0.2, 0.25) is 0 Å². The van der Waals surface area contributed by atoms with Crippen LogP contribution >= 0.6 is 0 Å². The van der Waals surface area contributed by atoms with Crippen molar-refractivity contribution in [3.05, 3.63) is 35.4 Å². The molecule has 3 heteroatoms. The predicted molar refractivity (Wildman–Crippen MR) is 46.8 cm³/mol. The Labute approximate surface area is 76.2 Å². The van der Waals surface area contributed by atoms with Crippen LogP contribution in [0.5, 0.6) is 0 Å². The molecule has 0 amide bonds. The number of carbonyl (C=O) groups is 1. The molecule has 0 spiro atoms. The third kappa shape index (κ3) is 2.39. The summed E-state index contributed by atoms with van der Waals surface area (Å²) in [4.78, 5) is 10.1. The van der Waals surface area contributed by atoms with Gasteiger partial charge in [-0.05, 0) is 17.7 Å². The topological polar surface area (TPSA) is 61.1 Å². The zero-order valence-electron chi connectivity index (χ0n) is 6.97. The van der Waals surface area contributed by atoms with E-state index in [1.54, 1.807) is 24.3 Å². The van der Waals surface area contributed by atoms with Crippen LogP contribution in [0.15, 0.2) is 24.3 Å². The normalized spacial score (nSPS) is 11.7. The lowest BCUT2D eigenvalue weighted by molar-refractivity contribution is -0.109. The average Bonchev–Trinajstić information content (AvgIpc) is 2.18. The molecule has 1 N–H and O–H groups in total. The zero-order valence-corrected chi connectivity index (χ0v) is 6.97. The fourth-order valence-electron chi connectivity index (χ4n) is 1.04. The molecule has 0 heterocycles. The van der Waals surface area contributed by atoms with E-state index in [4.69, 9.17) is 5.26 Å². The monoisotopic (exact) mass is 175 g/mol. The molecule has 0 aliphatic rings. The van der Waals surface area contributed by atoms with Crippen molar-refractivity contribution in [1.82, 2.24) is 0 Å².